The molecule has 0 radical (unpaired) electrons. The van der Waals surface area contributed by atoms with Gasteiger partial charge in [0, 0.05) is 41.5 Å². The molecule has 0 unspecified atom stereocenters. The number of hydrogen-bond donors (Lipinski definition) is 3. The average Bonchev–Trinajstić information content (AvgIpc) is 3.16. The second-order valence-corrected chi connectivity index (χ2v) is 7.64. The zero-order valence-corrected chi connectivity index (χ0v) is 18.2. The zero-order chi connectivity index (χ0) is 23.2. The number of H-pyrrole nitrogens is 1. The van der Waals surface area contributed by atoms with Gasteiger partial charge in [-0.25, -0.2) is 4.39 Å². The normalized spacial score (nSPS) is 10.8. The number of fused-ring (bicyclic) bond motifs is 1. The molecule has 3 N–H and O–H groups in total. The van der Waals surface area contributed by atoms with Gasteiger partial charge in [0.2, 0.25) is 11.8 Å². The van der Waals surface area contributed by atoms with E-state index in [1.807, 2.05) is 30.3 Å². The number of ether oxygens (including phenoxy) is 1. The van der Waals surface area contributed by atoms with E-state index in [2.05, 4.69) is 15.6 Å². The summed E-state index contributed by atoms with van der Waals surface area (Å²) in [7, 11) is 1.45. The Bertz CT molecular complexity index is 1280. The molecule has 0 saturated carbocycles. The SMILES string of the molecule is COCC(=O)Nc1cccc(NC(=O)CCc2c(-c3ccccc3)[nH]c3ccc(F)cc23)c1. The fraction of sp³-hybridized carbons (Fsp3) is 0.154. The molecule has 6 nitrogen and oxygen atoms in total. The molecule has 0 fully saturated rings. The van der Waals surface area contributed by atoms with Gasteiger partial charge < -0.3 is 20.4 Å². The van der Waals surface area contributed by atoms with Crippen molar-refractivity contribution in [1.29, 1.82) is 0 Å². The van der Waals surface area contributed by atoms with Gasteiger partial charge >= 0.3 is 0 Å². The molecule has 168 valence electrons. The molecule has 3 aromatic carbocycles. The topological polar surface area (TPSA) is 83.2 Å². The predicted molar refractivity (Wildman–Crippen MR) is 128 cm³/mol. The third-order valence-electron chi connectivity index (χ3n) is 5.24. The minimum Gasteiger partial charge on any atom is -0.375 e. The third-order valence-corrected chi connectivity index (χ3v) is 5.24. The number of hydrogen-bond acceptors (Lipinski definition) is 3. The summed E-state index contributed by atoms with van der Waals surface area (Å²) in [6, 6.07) is 21.3. The van der Waals surface area contributed by atoms with Crippen molar-refractivity contribution < 1.29 is 18.7 Å². The van der Waals surface area contributed by atoms with Crippen LogP contribution in [0.2, 0.25) is 0 Å². The largest absolute Gasteiger partial charge is 0.375 e. The lowest BCUT2D eigenvalue weighted by Crippen LogP contribution is -2.17. The van der Waals surface area contributed by atoms with Crippen molar-refractivity contribution >= 4 is 34.1 Å². The Labute approximate surface area is 190 Å². The third kappa shape index (κ3) is 5.45. The number of benzene rings is 3. The van der Waals surface area contributed by atoms with E-state index in [4.69, 9.17) is 4.74 Å². The van der Waals surface area contributed by atoms with Crippen LogP contribution >= 0.6 is 0 Å². The van der Waals surface area contributed by atoms with Crippen molar-refractivity contribution in [2.75, 3.05) is 24.4 Å². The van der Waals surface area contributed by atoms with E-state index in [0.29, 0.717) is 17.8 Å². The highest BCUT2D eigenvalue weighted by Gasteiger charge is 2.15. The molecule has 0 aliphatic rings. The Morgan fingerprint density at radius 2 is 1.64 bits per heavy atom. The summed E-state index contributed by atoms with van der Waals surface area (Å²) in [4.78, 5) is 27.8. The van der Waals surface area contributed by atoms with Gasteiger partial charge in [-0.05, 0) is 53.9 Å². The van der Waals surface area contributed by atoms with E-state index < -0.39 is 0 Å². The standard InChI is InChI=1S/C26H24FN3O3/c1-33-16-25(32)29-20-9-5-8-19(15-20)28-24(31)13-11-21-22-14-18(27)10-12-23(22)30-26(21)17-6-3-2-4-7-17/h2-10,12,14-15,30H,11,13,16H2,1H3,(H,28,31)(H,29,32). The number of aromatic nitrogens is 1. The fourth-order valence-electron chi connectivity index (χ4n) is 3.80. The van der Waals surface area contributed by atoms with Crippen LogP contribution in [0.1, 0.15) is 12.0 Å². The van der Waals surface area contributed by atoms with E-state index in [1.54, 1.807) is 30.3 Å². The monoisotopic (exact) mass is 445 g/mol. The van der Waals surface area contributed by atoms with Gasteiger partial charge in [0.15, 0.2) is 0 Å². The number of amides is 2. The van der Waals surface area contributed by atoms with E-state index in [9.17, 15) is 14.0 Å². The number of halogens is 1. The molecule has 1 aromatic heterocycles. The second kappa shape index (κ2) is 10.1. The highest BCUT2D eigenvalue weighted by Crippen LogP contribution is 2.32. The van der Waals surface area contributed by atoms with E-state index in [1.165, 1.54) is 19.2 Å². The maximum absolute atomic E-state index is 14.0. The molecule has 4 aromatic rings. The molecule has 0 saturated heterocycles. The molecular formula is C26H24FN3O3. The molecule has 1 heterocycles. The number of nitrogens with one attached hydrogen (secondary N) is 3. The summed E-state index contributed by atoms with van der Waals surface area (Å²) >= 11 is 0. The van der Waals surface area contributed by atoms with Gasteiger partial charge in [-0.2, -0.15) is 0 Å². The summed E-state index contributed by atoms with van der Waals surface area (Å²) in [6.07, 6.45) is 0.646. The van der Waals surface area contributed by atoms with Crippen molar-refractivity contribution in [3.63, 3.8) is 0 Å². The Morgan fingerprint density at radius 1 is 0.909 bits per heavy atom. The Balaban J connectivity index is 1.50. The number of rotatable bonds is 8. The van der Waals surface area contributed by atoms with E-state index >= 15 is 0 Å². The van der Waals surface area contributed by atoms with Crippen molar-refractivity contribution in [2.45, 2.75) is 12.8 Å². The van der Waals surface area contributed by atoms with Crippen molar-refractivity contribution in [1.82, 2.24) is 4.98 Å². The molecular weight excluding hydrogens is 421 g/mol. The number of aromatic amines is 1. The molecule has 0 spiro atoms. The van der Waals surface area contributed by atoms with Crippen LogP contribution in [0.5, 0.6) is 0 Å². The maximum Gasteiger partial charge on any atom is 0.250 e. The van der Waals surface area contributed by atoms with Gasteiger partial charge in [0.05, 0.1) is 0 Å². The Hall–Kier alpha value is -3.97. The van der Waals surface area contributed by atoms with Gasteiger partial charge in [-0.1, -0.05) is 36.4 Å². The number of carbonyl (C=O) groups excluding carboxylic acids is 2. The van der Waals surface area contributed by atoms with Gasteiger partial charge in [-0.15, -0.1) is 0 Å². The Kier molecular flexibility index (Phi) is 6.80. The van der Waals surface area contributed by atoms with Crippen LogP contribution in [0.3, 0.4) is 0 Å². The van der Waals surface area contributed by atoms with E-state index in [0.717, 1.165) is 27.7 Å². The number of carbonyl (C=O) groups is 2. The van der Waals surface area contributed by atoms with Gasteiger partial charge in [-0.3, -0.25) is 9.59 Å². The lowest BCUT2D eigenvalue weighted by molar-refractivity contribution is -0.119. The zero-order valence-electron chi connectivity index (χ0n) is 18.2. The molecule has 7 heteroatoms. The van der Waals surface area contributed by atoms with Gasteiger partial charge in [0.25, 0.3) is 0 Å². The number of methoxy groups -OCH3 is 1. The van der Waals surface area contributed by atoms with Crippen molar-refractivity contribution in [3.8, 4) is 11.3 Å². The van der Waals surface area contributed by atoms with E-state index in [-0.39, 0.29) is 30.7 Å². The first-order chi connectivity index (χ1) is 16.0. The first-order valence-electron chi connectivity index (χ1n) is 10.6. The molecule has 4 rings (SSSR count). The minimum atomic E-state index is -0.320. The van der Waals surface area contributed by atoms with Crippen LogP contribution < -0.4 is 10.6 Å². The highest BCUT2D eigenvalue weighted by atomic mass is 19.1. The molecule has 0 atom stereocenters. The van der Waals surface area contributed by atoms with Crippen LogP contribution in [0.25, 0.3) is 22.2 Å². The van der Waals surface area contributed by atoms with Crippen LogP contribution in [-0.2, 0) is 20.7 Å². The van der Waals surface area contributed by atoms with Crippen LogP contribution in [0.15, 0.2) is 72.8 Å². The van der Waals surface area contributed by atoms with Crippen molar-refractivity contribution in [3.05, 3.63) is 84.2 Å². The first kappa shape index (κ1) is 22.2. The molecule has 0 bridgehead atoms. The molecule has 0 aliphatic heterocycles. The summed E-state index contributed by atoms with van der Waals surface area (Å²) in [5.74, 6) is -0.778. The quantitative estimate of drug-likeness (QED) is 0.352. The predicted octanol–water partition coefficient (Wildman–Crippen LogP) is 5.13. The molecule has 33 heavy (non-hydrogen) atoms. The van der Waals surface area contributed by atoms with Crippen LogP contribution in [0, 0.1) is 5.82 Å². The van der Waals surface area contributed by atoms with Gasteiger partial charge in [0.1, 0.15) is 12.4 Å². The summed E-state index contributed by atoms with van der Waals surface area (Å²) in [6.45, 7) is -0.0500. The number of anilines is 2. The summed E-state index contributed by atoms with van der Waals surface area (Å²) in [5, 5.41) is 6.34. The smallest absolute Gasteiger partial charge is 0.250 e. The highest BCUT2D eigenvalue weighted by molar-refractivity contribution is 5.95. The lowest BCUT2D eigenvalue weighted by atomic mass is 10.0. The first-order valence-corrected chi connectivity index (χ1v) is 10.6. The minimum absolute atomic E-state index is 0.0500. The molecule has 2 amide bonds. The summed E-state index contributed by atoms with van der Waals surface area (Å²) < 4.78 is 18.8. The Morgan fingerprint density at radius 3 is 2.36 bits per heavy atom. The fourth-order valence-corrected chi connectivity index (χ4v) is 3.80. The lowest BCUT2D eigenvalue weighted by Gasteiger charge is -2.09. The number of aryl methyl sites for hydroxylation is 1. The average molecular weight is 445 g/mol. The molecule has 0 aliphatic carbocycles. The second-order valence-electron chi connectivity index (χ2n) is 7.64. The van der Waals surface area contributed by atoms with Crippen LogP contribution in [0.4, 0.5) is 15.8 Å². The van der Waals surface area contributed by atoms with Crippen LogP contribution in [-0.4, -0.2) is 30.5 Å². The van der Waals surface area contributed by atoms with Crippen molar-refractivity contribution in [2.24, 2.45) is 0 Å². The maximum atomic E-state index is 14.0. The summed E-state index contributed by atoms with van der Waals surface area (Å²) in [5.41, 5.74) is 4.71.